The molecule has 2 heterocycles. The second-order valence-electron chi connectivity index (χ2n) is 6.31. The monoisotopic (exact) mass is 403 g/mol. The van der Waals surface area contributed by atoms with Gasteiger partial charge < -0.3 is 26.2 Å². The van der Waals surface area contributed by atoms with Gasteiger partial charge in [0.25, 0.3) is 0 Å². The molecule has 8 nitrogen and oxygen atoms in total. The molecule has 148 valence electrons. The predicted octanol–water partition coefficient (Wildman–Crippen LogP) is 0.392. The fourth-order valence-electron chi connectivity index (χ4n) is 2.93. The van der Waals surface area contributed by atoms with Crippen molar-refractivity contribution < 1.29 is 9.18 Å². The minimum absolute atomic E-state index is 0.0425. The summed E-state index contributed by atoms with van der Waals surface area (Å²) in [5.74, 6) is -0.0804. The van der Waals surface area contributed by atoms with Gasteiger partial charge in [-0.25, -0.2) is 14.4 Å². The minimum atomic E-state index is -0.501. The number of carbonyl (C=O) groups excluding carboxylic acids is 1. The van der Waals surface area contributed by atoms with Crippen molar-refractivity contribution in [3.8, 4) is 0 Å². The van der Waals surface area contributed by atoms with E-state index in [9.17, 15) is 9.18 Å². The van der Waals surface area contributed by atoms with E-state index in [2.05, 4.69) is 25.5 Å². The molecule has 1 aromatic heterocycles. The Morgan fingerprint density at radius 1 is 1.14 bits per heavy atom. The molecule has 10 heteroatoms. The van der Waals surface area contributed by atoms with Crippen LogP contribution in [0.2, 0.25) is 0 Å². The zero-order valence-corrected chi connectivity index (χ0v) is 16.1. The SMILES string of the molecule is NC(=O)CNC(=S)NCc1ccc(N2CCN(c3ncccn3)CC2)c(F)c1. The van der Waals surface area contributed by atoms with Crippen molar-refractivity contribution in [2.75, 3.05) is 42.5 Å². The maximum Gasteiger partial charge on any atom is 0.236 e. The van der Waals surface area contributed by atoms with Crippen LogP contribution >= 0.6 is 12.2 Å². The van der Waals surface area contributed by atoms with Crippen LogP contribution in [0.4, 0.5) is 16.0 Å². The van der Waals surface area contributed by atoms with E-state index >= 15 is 0 Å². The quantitative estimate of drug-likeness (QED) is 0.596. The zero-order chi connectivity index (χ0) is 19.9. The van der Waals surface area contributed by atoms with Crippen LogP contribution < -0.4 is 26.2 Å². The van der Waals surface area contributed by atoms with Crippen LogP contribution in [0.3, 0.4) is 0 Å². The number of anilines is 2. The molecule has 28 heavy (non-hydrogen) atoms. The van der Waals surface area contributed by atoms with E-state index < -0.39 is 5.91 Å². The van der Waals surface area contributed by atoms with E-state index in [1.165, 1.54) is 6.07 Å². The molecule has 1 amide bonds. The molecule has 0 spiro atoms. The number of piperazine rings is 1. The Bertz CT molecular complexity index is 828. The molecule has 2 aromatic rings. The number of nitrogens with zero attached hydrogens (tertiary/aromatic N) is 4. The van der Waals surface area contributed by atoms with Gasteiger partial charge in [0.1, 0.15) is 5.82 Å². The number of halogens is 1. The molecular weight excluding hydrogens is 381 g/mol. The number of nitrogens with two attached hydrogens (primary N) is 1. The van der Waals surface area contributed by atoms with E-state index in [1.807, 2.05) is 11.0 Å². The molecule has 0 bridgehead atoms. The Balaban J connectivity index is 1.53. The fraction of sp³-hybridized carbons (Fsp3) is 0.333. The number of thiocarbonyl (C=S) groups is 1. The molecule has 1 aliphatic heterocycles. The number of primary amides is 1. The summed E-state index contributed by atoms with van der Waals surface area (Å²) in [5.41, 5.74) is 6.37. The van der Waals surface area contributed by atoms with Crippen molar-refractivity contribution >= 4 is 34.9 Å². The first-order valence-electron chi connectivity index (χ1n) is 8.88. The van der Waals surface area contributed by atoms with Crippen molar-refractivity contribution in [1.29, 1.82) is 0 Å². The highest BCUT2D eigenvalue weighted by Gasteiger charge is 2.21. The molecule has 1 aliphatic rings. The average molecular weight is 403 g/mol. The number of hydrogen-bond acceptors (Lipinski definition) is 6. The Hall–Kier alpha value is -3.01. The van der Waals surface area contributed by atoms with E-state index in [4.69, 9.17) is 18.0 Å². The summed E-state index contributed by atoms with van der Waals surface area (Å²) in [6.07, 6.45) is 3.44. The third-order valence-electron chi connectivity index (χ3n) is 4.34. The molecule has 4 N–H and O–H groups in total. The number of benzene rings is 1. The maximum atomic E-state index is 14.6. The molecule has 1 fully saturated rings. The van der Waals surface area contributed by atoms with Crippen LogP contribution in [0.15, 0.2) is 36.7 Å². The summed E-state index contributed by atoms with van der Waals surface area (Å²) < 4.78 is 14.6. The van der Waals surface area contributed by atoms with Crippen molar-refractivity contribution in [2.24, 2.45) is 5.73 Å². The summed E-state index contributed by atoms with van der Waals surface area (Å²) in [4.78, 5) is 23.3. The van der Waals surface area contributed by atoms with Crippen molar-refractivity contribution in [2.45, 2.75) is 6.54 Å². The van der Waals surface area contributed by atoms with Gasteiger partial charge in [0, 0.05) is 45.1 Å². The first-order chi connectivity index (χ1) is 13.5. The number of nitrogens with one attached hydrogen (secondary N) is 2. The summed E-state index contributed by atoms with van der Waals surface area (Å²) in [6, 6.07) is 6.91. The zero-order valence-electron chi connectivity index (χ0n) is 15.3. The Kier molecular flexibility index (Phi) is 6.53. The highest BCUT2D eigenvalue weighted by atomic mass is 32.1. The van der Waals surface area contributed by atoms with Crippen molar-refractivity contribution in [1.82, 2.24) is 20.6 Å². The molecule has 1 aromatic carbocycles. The first kappa shape index (κ1) is 19.7. The van der Waals surface area contributed by atoms with Crippen LogP contribution in [-0.4, -0.2) is 53.7 Å². The largest absolute Gasteiger partial charge is 0.368 e. The minimum Gasteiger partial charge on any atom is -0.368 e. The standard InChI is InChI=1S/C18H22FN7OS/c19-14-10-13(11-23-18(28)24-12-16(20)27)2-3-15(14)25-6-8-26(9-7-25)17-21-4-1-5-22-17/h1-5,10H,6-9,11-12H2,(H2,20,27)(H2,23,24,28). The van der Waals surface area contributed by atoms with E-state index in [-0.39, 0.29) is 12.4 Å². The summed E-state index contributed by atoms with van der Waals surface area (Å²) >= 11 is 5.04. The van der Waals surface area contributed by atoms with E-state index in [1.54, 1.807) is 24.5 Å². The third-order valence-corrected chi connectivity index (χ3v) is 4.63. The van der Waals surface area contributed by atoms with Gasteiger partial charge in [-0.1, -0.05) is 6.07 Å². The molecule has 3 rings (SSSR count). The average Bonchev–Trinajstić information content (AvgIpc) is 2.71. The van der Waals surface area contributed by atoms with Crippen LogP contribution in [-0.2, 0) is 11.3 Å². The topological polar surface area (TPSA) is 99.4 Å². The van der Waals surface area contributed by atoms with E-state index in [0.717, 1.165) is 18.7 Å². The second-order valence-corrected chi connectivity index (χ2v) is 6.72. The third kappa shape index (κ3) is 5.26. The van der Waals surface area contributed by atoms with Gasteiger partial charge in [0.2, 0.25) is 11.9 Å². The van der Waals surface area contributed by atoms with Crippen LogP contribution in [0.25, 0.3) is 0 Å². The maximum absolute atomic E-state index is 14.6. The fourth-order valence-corrected chi connectivity index (χ4v) is 3.08. The van der Waals surface area contributed by atoms with Gasteiger partial charge in [-0.3, -0.25) is 4.79 Å². The number of hydrogen-bond donors (Lipinski definition) is 3. The molecule has 0 atom stereocenters. The van der Waals surface area contributed by atoms with Crippen LogP contribution in [0, 0.1) is 5.82 Å². The summed E-state index contributed by atoms with van der Waals surface area (Å²) in [6.45, 7) is 3.14. The van der Waals surface area contributed by atoms with Crippen LogP contribution in [0.1, 0.15) is 5.56 Å². The van der Waals surface area contributed by atoms with Crippen molar-refractivity contribution in [3.05, 3.63) is 48.0 Å². The number of amides is 1. The lowest BCUT2D eigenvalue weighted by atomic mass is 10.1. The van der Waals surface area contributed by atoms with Gasteiger partial charge in [-0.15, -0.1) is 0 Å². The Labute approximate surface area is 167 Å². The number of aromatic nitrogens is 2. The number of carbonyl (C=O) groups is 1. The second kappa shape index (κ2) is 9.27. The lowest BCUT2D eigenvalue weighted by Gasteiger charge is -2.36. The molecule has 0 saturated carbocycles. The highest BCUT2D eigenvalue weighted by molar-refractivity contribution is 7.80. The summed E-state index contributed by atoms with van der Waals surface area (Å²) in [5, 5.41) is 5.89. The Morgan fingerprint density at radius 3 is 2.46 bits per heavy atom. The predicted molar refractivity (Wildman–Crippen MR) is 109 cm³/mol. The normalized spacial score (nSPS) is 13.9. The highest BCUT2D eigenvalue weighted by Crippen LogP contribution is 2.23. The lowest BCUT2D eigenvalue weighted by Crippen LogP contribution is -2.47. The van der Waals surface area contributed by atoms with Gasteiger partial charge in [0.05, 0.1) is 12.2 Å². The first-order valence-corrected chi connectivity index (χ1v) is 9.29. The molecule has 0 unspecified atom stereocenters. The lowest BCUT2D eigenvalue weighted by molar-refractivity contribution is -0.116. The van der Waals surface area contributed by atoms with Crippen molar-refractivity contribution in [3.63, 3.8) is 0 Å². The molecular formula is C18H22FN7OS. The van der Waals surface area contributed by atoms with Gasteiger partial charge >= 0.3 is 0 Å². The van der Waals surface area contributed by atoms with Gasteiger partial charge in [-0.05, 0) is 36.0 Å². The van der Waals surface area contributed by atoms with Gasteiger partial charge in [0.15, 0.2) is 5.11 Å². The summed E-state index contributed by atoms with van der Waals surface area (Å²) in [7, 11) is 0. The molecule has 0 radical (unpaired) electrons. The smallest absolute Gasteiger partial charge is 0.236 e. The van der Waals surface area contributed by atoms with Crippen LogP contribution in [0.5, 0.6) is 0 Å². The number of rotatable bonds is 6. The molecule has 0 aliphatic carbocycles. The van der Waals surface area contributed by atoms with E-state index in [0.29, 0.717) is 36.4 Å². The Morgan fingerprint density at radius 2 is 1.82 bits per heavy atom. The molecule has 1 saturated heterocycles. The van der Waals surface area contributed by atoms with Gasteiger partial charge in [-0.2, -0.15) is 0 Å².